The summed E-state index contributed by atoms with van der Waals surface area (Å²) in [5, 5.41) is 3.37. The van der Waals surface area contributed by atoms with Gasteiger partial charge in [-0.25, -0.2) is 0 Å². The van der Waals surface area contributed by atoms with Crippen molar-refractivity contribution in [2.45, 2.75) is 32.2 Å². The van der Waals surface area contributed by atoms with E-state index >= 15 is 0 Å². The van der Waals surface area contributed by atoms with Crippen LogP contribution in [-0.4, -0.2) is 36.5 Å². The first-order valence-electron chi connectivity index (χ1n) is 6.79. The first-order chi connectivity index (χ1) is 8.72. The number of benzene rings is 1. The number of carbonyl (C=O) groups is 1. The molecule has 106 valence electrons. The molecule has 4 heteroatoms. The Labute approximate surface area is 121 Å². The lowest BCUT2D eigenvalue weighted by Crippen LogP contribution is -2.52. The van der Waals surface area contributed by atoms with Gasteiger partial charge >= 0.3 is 0 Å². The van der Waals surface area contributed by atoms with Gasteiger partial charge in [0.25, 0.3) is 0 Å². The lowest BCUT2D eigenvalue weighted by molar-refractivity contribution is -0.134. The van der Waals surface area contributed by atoms with Crippen LogP contribution in [0.2, 0.25) is 0 Å². The molecule has 1 unspecified atom stereocenters. The molecule has 1 heterocycles. The van der Waals surface area contributed by atoms with E-state index in [2.05, 4.69) is 31.3 Å². The van der Waals surface area contributed by atoms with Crippen molar-refractivity contribution in [1.29, 1.82) is 0 Å². The average molecular weight is 283 g/mol. The summed E-state index contributed by atoms with van der Waals surface area (Å²) in [5.41, 5.74) is 1.14. The third kappa shape index (κ3) is 3.95. The van der Waals surface area contributed by atoms with E-state index < -0.39 is 0 Å². The Morgan fingerprint density at radius 1 is 1.42 bits per heavy atom. The highest BCUT2D eigenvalue weighted by Gasteiger charge is 2.27. The van der Waals surface area contributed by atoms with Gasteiger partial charge in [-0.3, -0.25) is 4.79 Å². The Morgan fingerprint density at radius 3 is 2.68 bits per heavy atom. The largest absolute Gasteiger partial charge is 0.339 e. The van der Waals surface area contributed by atoms with Crippen molar-refractivity contribution in [3.63, 3.8) is 0 Å². The minimum Gasteiger partial charge on any atom is -0.339 e. The zero-order valence-corrected chi connectivity index (χ0v) is 12.5. The van der Waals surface area contributed by atoms with Crippen molar-refractivity contribution in [2.24, 2.45) is 0 Å². The minimum atomic E-state index is 0. The molecule has 1 amide bonds. The zero-order chi connectivity index (χ0) is 13.0. The molecule has 3 nitrogen and oxygen atoms in total. The Morgan fingerprint density at radius 2 is 2.11 bits per heavy atom. The maximum absolute atomic E-state index is 12.6. The van der Waals surface area contributed by atoms with Gasteiger partial charge in [-0.15, -0.1) is 12.4 Å². The lowest BCUT2D eigenvalue weighted by atomic mass is 9.94. The van der Waals surface area contributed by atoms with E-state index in [0.29, 0.717) is 6.04 Å². The number of rotatable bonds is 3. The maximum atomic E-state index is 12.6. The predicted octanol–water partition coefficient (Wildman–Crippen LogP) is 2.42. The average Bonchev–Trinajstić information content (AvgIpc) is 2.41. The van der Waals surface area contributed by atoms with Gasteiger partial charge in [0, 0.05) is 25.7 Å². The molecule has 0 aliphatic carbocycles. The van der Waals surface area contributed by atoms with Crippen molar-refractivity contribution in [1.82, 2.24) is 10.2 Å². The van der Waals surface area contributed by atoms with Crippen LogP contribution in [0.5, 0.6) is 0 Å². The SMILES string of the molecule is CCC(C(=O)N1CCN[C@@H](C)C1)c1ccccc1.Cl. The Hall–Kier alpha value is -1.06. The molecule has 1 saturated heterocycles. The third-order valence-electron chi connectivity index (χ3n) is 3.59. The fraction of sp³-hybridized carbons (Fsp3) is 0.533. The number of carbonyl (C=O) groups excluding carboxylic acids is 1. The van der Waals surface area contributed by atoms with Crippen LogP contribution in [0.25, 0.3) is 0 Å². The van der Waals surface area contributed by atoms with E-state index in [1.54, 1.807) is 0 Å². The Kier molecular flexibility index (Phi) is 6.32. The number of nitrogens with zero attached hydrogens (tertiary/aromatic N) is 1. The summed E-state index contributed by atoms with van der Waals surface area (Å²) in [4.78, 5) is 14.6. The molecular formula is C15H23ClN2O. The quantitative estimate of drug-likeness (QED) is 0.923. The highest BCUT2D eigenvalue weighted by Crippen LogP contribution is 2.22. The van der Waals surface area contributed by atoms with Gasteiger partial charge < -0.3 is 10.2 Å². The summed E-state index contributed by atoms with van der Waals surface area (Å²) in [6, 6.07) is 10.5. The molecule has 19 heavy (non-hydrogen) atoms. The van der Waals surface area contributed by atoms with Crippen LogP contribution in [0.1, 0.15) is 31.7 Å². The molecule has 1 aromatic carbocycles. The van der Waals surface area contributed by atoms with Crippen molar-refractivity contribution in [2.75, 3.05) is 19.6 Å². The number of hydrogen-bond acceptors (Lipinski definition) is 2. The van der Waals surface area contributed by atoms with Crippen LogP contribution in [0, 0.1) is 0 Å². The van der Waals surface area contributed by atoms with E-state index in [9.17, 15) is 4.79 Å². The van der Waals surface area contributed by atoms with E-state index in [1.165, 1.54) is 0 Å². The molecule has 2 atom stereocenters. The minimum absolute atomic E-state index is 0. The fourth-order valence-electron chi connectivity index (χ4n) is 2.59. The van der Waals surface area contributed by atoms with Gasteiger partial charge in [0.2, 0.25) is 5.91 Å². The summed E-state index contributed by atoms with van der Waals surface area (Å²) in [5.74, 6) is 0.286. The molecule has 2 rings (SSSR count). The van der Waals surface area contributed by atoms with Gasteiger partial charge in [-0.2, -0.15) is 0 Å². The molecule has 1 N–H and O–H groups in total. The summed E-state index contributed by atoms with van der Waals surface area (Å²) in [6.45, 7) is 6.76. The summed E-state index contributed by atoms with van der Waals surface area (Å²) in [6.07, 6.45) is 0.862. The van der Waals surface area contributed by atoms with Crippen LogP contribution in [-0.2, 0) is 4.79 Å². The van der Waals surface area contributed by atoms with E-state index in [1.807, 2.05) is 23.1 Å². The monoisotopic (exact) mass is 282 g/mol. The molecule has 1 fully saturated rings. The fourth-order valence-corrected chi connectivity index (χ4v) is 2.59. The summed E-state index contributed by atoms with van der Waals surface area (Å²) >= 11 is 0. The van der Waals surface area contributed by atoms with Crippen LogP contribution >= 0.6 is 12.4 Å². The second kappa shape index (κ2) is 7.51. The first kappa shape index (κ1) is 16.0. The van der Waals surface area contributed by atoms with Gasteiger partial charge in [0.05, 0.1) is 5.92 Å². The van der Waals surface area contributed by atoms with Gasteiger partial charge in [0.15, 0.2) is 0 Å². The number of piperazine rings is 1. The second-order valence-electron chi connectivity index (χ2n) is 5.01. The number of hydrogen-bond donors (Lipinski definition) is 1. The van der Waals surface area contributed by atoms with Crippen LogP contribution in [0.3, 0.4) is 0 Å². The highest BCUT2D eigenvalue weighted by atomic mass is 35.5. The standard InChI is InChI=1S/C15H22N2O.ClH/c1-3-14(13-7-5-4-6-8-13)15(18)17-10-9-16-12(2)11-17;/h4-8,12,14,16H,3,9-11H2,1-2H3;1H/t12-,14?;/m0./s1. The van der Waals surface area contributed by atoms with Gasteiger partial charge in [-0.05, 0) is 18.9 Å². The van der Waals surface area contributed by atoms with Crippen LogP contribution < -0.4 is 5.32 Å². The molecule has 0 spiro atoms. The van der Waals surface area contributed by atoms with Gasteiger partial charge in [0.1, 0.15) is 0 Å². The van der Waals surface area contributed by atoms with Crippen LogP contribution in [0.15, 0.2) is 30.3 Å². The predicted molar refractivity (Wildman–Crippen MR) is 80.8 cm³/mol. The Balaban J connectivity index is 0.00000180. The summed E-state index contributed by atoms with van der Waals surface area (Å²) in [7, 11) is 0. The van der Waals surface area contributed by atoms with Crippen molar-refractivity contribution < 1.29 is 4.79 Å². The first-order valence-corrected chi connectivity index (χ1v) is 6.79. The van der Waals surface area contributed by atoms with Gasteiger partial charge in [-0.1, -0.05) is 37.3 Å². The van der Waals surface area contributed by atoms with Crippen LogP contribution in [0.4, 0.5) is 0 Å². The normalized spacial score (nSPS) is 20.5. The molecule has 0 aromatic heterocycles. The smallest absolute Gasteiger partial charge is 0.230 e. The van der Waals surface area contributed by atoms with E-state index in [4.69, 9.17) is 0 Å². The summed E-state index contributed by atoms with van der Waals surface area (Å²) < 4.78 is 0. The molecule has 1 aromatic rings. The highest BCUT2D eigenvalue weighted by molar-refractivity contribution is 5.85. The zero-order valence-electron chi connectivity index (χ0n) is 11.6. The molecule has 1 aliphatic rings. The third-order valence-corrected chi connectivity index (χ3v) is 3.59. The molecule has 0 bridgehead atoms. The molecular weight excluding hydrogens is 260 g/mol. The number of amides is 1. The maximum Gasteiger partial charge on any atom is 0.230 e. The van der Waals surface area contributed by atoms with E-state index in [-0.39, 0.29) is 24.2 Å². The molecule has 1 aliphatic heterocycles. The van der Waals surface area contributed by atoms with Crippen molar-refractivity contribution in [3.8, 4) is 0 Å². The number of halogens is 1. The topological polar surface area (TPSA) is 32.3 Å². The lowest BCUT2D eigenvalue weighted by Gasteiger charge is -2.34. The Bertz CT molecular complexity index is 396. The number of nitrogens with one attached hydrogen (secondary N) is 1. The second-order valence-corrected chi connectivity index (χ2v) is 5.01. The van der Waals surface area contributed by atoms with Crippen molar-refractivity contribution in [3.05, 3.63) is 35.9 Å². The molecule has 0 saturated carbocycles. The van der Waals surface area contributed by atoms with Crippen molar-refractivity contribution >= 4 is 18.3 Å². The van der Waals surface area contributed by atoms with E-state index in [0.717, 1.165) is 31.6 Å². The molecule has 0 radical (unpaired) electrons.